The topological polar surface area (TPSA) is 161 Å². The lowest BCUT2D eigenvalue weighted by Gasteiger charge is -2.22. The molecule has 0 unspecified atom stereocenters. The number of hydrogen-bond donors (Lipinski definition) is 3. The van der Waals surface area contributed by atoms with Crippen molar-refractivity contribution in [3.8, 4) is 11.5 Å². The molecule has 12 nitrogen and oxygen atoms in total. The van der Waals surface area contributed by atoms with Gasteiger partial charge in [-0.25, -0.2) is 4.79 Å². The van der Waals surface area contributed by atoms with Gasteiger partial charge < -0.3 is 14.6 Å². The van der Waals surface area contributed by atoms with Crippen LogP contribution in [0.2, 0.25) is 0 Å². The zero-order valence-electron chi connectivity index (χ0n) is 20.5. The number of phenolic OH excluding ortho intramolecular Hbond substituents is 2. The number of rotatable bonds is 6. The summed E-state index contributed by atoms with van der Waals surface area (Å²) in [6.45, 7) is 6.53. The molecule has 2 amide bonds. The summed E-state index contributed by atoms with van der Waals surface area (Å²) >= 11 is 0. The molecule has 0 atom stereocenters. The molecular formula is C25H24N6O6. The van der Waals surface area contributed by atoms with E-state index in [1.165, 1.54) is 24.8 Å². The van der Waals surface area contributed by atoms with Gasteiger partial charge in [0.25, 0.3) is 0 Å². The van der Waals surface area contributed by atoms with E-state index in [1.807, 2.05) is 13.8 Å². The lowest BCUT2D eigenvalue weighted by atomic mass is 9.98. The number of aromatic hydroxyl groups is 2. The van der Waals surface area contributed by atoms with Crippen LogP contribution >= 0.6 is 0 Å². The Morgan fingerprint density at radius 1 is 1.14 bits per heavy atom. The number of hydrazone groups is 1. The van der Waals surface area contributed by atoms with Crippen LogP contribution in [0.25, 0.3) is 0 Å². The third-order valence-corrected chi connectivity index (χ3v) is 5.68. The maximum absolute atomic E-state index is 12.7. The number of imide groups is 1. The molecule has 12 heteroatoms. The van der Waals surface area contributed by atoms with Gasteiger partial charge >= 0.3 is 11.8 Å². The van der Waals surface area contributed by atoms with Crippen LogP contribution in [-0.4, -0.2) is 48.9 Å². The lowest BCUT2D eigenvalue weighted by Crippen LogP contribution is -2.35. The van der Waals surface area contributed by atoms with Gasteiger partial charge in [0, 0.05) is 25.6 Å². The van der Waals surface area contributed by atoms with Gasteiger partial charge in [-0.15, -0.1) is 10.2 Å². The van der Waals surface area contributed by atoms with Gasteiger partial charge in [-0.2, -0.15) is 5.10 Å². The molecule has 1 aliphatic rings. The van der Waals surface area contributed by atoms with Crippen LogP contribution in [0.3, 0.4) is 0 Å². The molecule has 0 radical (unpaired) electrons. The van der Waals surface area contributed by atoms with Crippen molar-refractivity contribution in [1.82, 2.24) is 20.5 Å². The third kappa shape index (κ3) is 4.91. The van der Waals surface area contributed by atoms with E-state index in [9.17, 15) is 24.6 Å². The summed E-state index contributed by atoms with van der Waals surface area (Å²) in [4.78, 5) is 38.9. The number of benzene rings is 2. The minimum Gasteiger partial charge on any atom is -0.508 e. The van der Waals surface area contributed by atoms with Crippen molar-refractivity contribution >= 4 is 29.3 Å². The summed E-state index contributed by atoms with van der Waals surface area (Å²) in [7, 11) is 0. The Hall–Kier alpha value is -4.96. The Kier molecular flexibility index (Phi) is 6.77. The SMILES string of the molecule is CC(=O)N(Cc1ccc(N2C(=C=O)NN=C2c2cc(C(C)C)c(O)cc2O)cc1)C(=O)c1nnc(C)o1. The Morgan fingerprint density at radius 3 is 2.41 bits per heavy atom. The predicted molar refractivity (Wildman–Crippen MR) is 131 cm³/mol. The van der Waals surface area contributed by atoms with E-state index in [2.05, 4.69) is 20.7 Å². The smallest absolute Gasteiger partial charge is 0.318 e. The van der Waals surface area contributed by atoms with Crippen LogP contribution in [0.5, 0.6) is 11.5 Å². The fraction of sp³-hybridized carbons (Fsp3) is 0.240. The van der Waals surface area contributed by atoms with Crippen molar-refractivity contribution in [1.29, 1.82) is 0 Å². The van der Waals surface area contributed by atoms with E-state index in [0.717, 1.165) is 4.90 Å². The van der Waals surface area contributed by atoms with Crippen LogP contribution < -0.4 is 10.3 Å². The fourth-order valence-corrected chi connectivity index (χ4v) is 3.81. The molecule has 4 rings (SSSR count). The zero-order chi connectivity index (χ0) is 26.9. The molecule has 0 aliphatic carbocycles. The number of hydrogen-bond acceptors (Lipinski definition) is 11. The first-order valence-electron chi connectivity index (χ1n) is 11.3. The van der Waals surface area contributed by atoms with Crippen molar-refractivity contribution in [3.05, 3.63) is 70.7 Å². The van der Waals surface area contributed by atoms with Gasteiger partial charge in [0.15, 0.2) is 11.8 Å². The van der Waals surface area contributed by atoms with Crippen molar-refractivity contribution in [2.45, 2.75) is 40.2 Å². The summed E-state index contributed by atoms with van der Waals surface area (Å²) in [6.07, 6.45) is 0. The number of amides is 2. The molecule has 0 saturated carbocycles. The molecular weight excluding hydrogens is 480 g/mol. The second kappa shape index (κ2) is 9.96. The van der Waals surface area contributed by atoms with E-state index in [0.29, 0.717) is 22.4 Å². The molecule has 190 valence electrons. The Bertz CT molecular complexity index is 1450. The minimum atomic E-state index is -0.717. The third-order valence-electron chi connectivity index (χ3n) is 5.68. The number of aryl methyl sites for hydroxylation is 1. The Labute approximate surface area is 211 Å². The summed E-state index contributed by atoms with van der Waals surface area (Å²) in [5.41, 5.74) is 4.61. The van der Waals surface area contributed by atoms with Crippen LogP contribution in [-0.2, 0) is 16.1 Å². The first-order chi connectivity index (χ1) is 17.6. The maximum Gasteiger partial charge on any atom is 0.318 e. The van der Waals surface area contributed by atoms with Crippen LogP contribution in [0.15, 0.2) is 51.7 Å². The molecule has 37 heavy (non-hydrogen) atoms. The molecule has 1 aromatic heterocycles. The molecule has 3 N–H and O–H groups in total. The lowest BCUT2D eigenvalue weighted by molar-refractivity contribution is -0.126. The standard InChI is InChI=1S/C25H24N6O6/c1-13(2)18-9-19(21(35)10-20(18)34)23-28-27-22(12-32)31(23)17-7-5-16(6-8-17)11-30(15(4)33)25(36)24-29-26-14(3)37-24/h5-10,13,27,34-35H,11H2,1-4H3. The molecule has 0 spiro atoms. The maximum atomic E-state index is 12.7. The second-order valence-corrected chi connectivity index (χ2v) is 8.62. The number of aromatic nitrogens is 2. The van der Waals surface area contributed by atoms with Gasteiger partial charge in [0.1, 0.15) is 11.5 Å². The van der Waals surface area contributed by atoms with Gasteiger partial charge in [-0.1, -0.05) is 26.0 Å². The molecule has 0 fully saturated rings. The van der Waals surface area contributed by atoms with E-state index in [-0.39, 0.29) is 47.4 Å². The second-order valence-electron chi connectivity index (χ2n) is 8.62. The summed E-state index contributed by atoms with van der Waals surface area (Å²) in [6, 6.07) is 9.51. The summed E-state index contributed by atoms with van der Waals surface area (Å²) in [5, 5.41) is 32.2. The van der Waals surface area contributed by atoms with Gasteiger partial charge in [0.2, 0.25) is 17.6 Å². The highest BCUT2D eigenvalue weighted by atomic mass is 16.4. The average Bonchev–Trinajstić information content (AvgIpc) is 3.48. The largest absolute Gasteiger partial charge is 0.508 e. The first-order valence-corrected chi connectivity index (χ1v) is 11.3. The van der Waals surface area contributed by atoms with Gasteiger partial charge in [-0.3, -0.25) is 24.8 Å². The Morgan fingerprint density at radius 2 is 1.84 bits per heavy atom. The number of carbonyl (C=O) groups excluding carboxylic acids is 3. The molecule has 2 heterocycles. The summed E-state index contributed by atoms with van der Waals surface area (Å²) in [5.74, 6) is 0.394. The van der Waals surface area contributed by atoms with Gasteiger partial charge in [0.05, 0.1) is 12.1 Å². The van der Waals surface area contributed by atoms with E-state index >= 15 is 0 Å². The predicted octanol–water partition coefficient (Wildman–Crippen LogP) is 2.55. The highest BCUT2D eigenvalue weighted by Crippen LogP contribution is 2.35. The van der Waals surface area contributed by atoms with Crippen molar-refractivity contribution in [3.63, 3.8) is 0 Å². The number of carbonyl (C=O) groups is 2. The highest BCUT2D eigenvalue weighted by molar-refractivity contribution is 6.15. The number of amidine groups is 1. The van der Waals surface area contributed by atoms with Gasteiger partial charge in [-0.05, 0) is 35.2 Å². The number of nitrogens with zero attached hydrogens (tertiary/aromatic N) is 5. The monoisotopic (exact) mass is 504 g/mol. The van der Waals surface area contributed by atoms with E-state index in [1.54, 1.807) is 36.3 Å². The van der Waals surface area contributed by atoms with Crippen molar-refractivity contribution in [2.75, 3.05) is 4.90 Å². The van der Waals surface area contributed by atoms with Crippen molar-refractivity contribution in [2.24, 2.45) is 5.10 Å². The molecule has 0 bridgehead atoms. The molecule has 2 aromatic carbocycles. The minimum absolute atomic E-state index is 0.00590. The Balaban J connectivity index is 1.63. The number of anilines is 1. The first kappa shape index (κ1) is 25.1. The summed E-state index contributed by atoms with van der Waals surface area (Å²) < 4.78 is 5.15. The van der Waals surface area contributed by atoms with E-state index in [4.69, 9.17) is 4.42 Å². The van der Waals surface area contributed by atoms with Crippen molar-refractivity contribution < 1.29 is 29.0 Å². The molecule has 0 saturated heterocycles. The quantitative estimate of drug-likeness (QED) is 0.425. The highest BCUT2D eigenvalue weighted by Gasteiger charge is 2.30. The van der Waals surface area contributed by atoms with Crippen LogP contribution in [0.1, 0.15) is 60.0 Å². The van der Waals surface area contributed by atoms with Crippen LogP contribution in [0.4, 0.5) is 5.69 Å². The number of phenols is 2. The fourth-order valence-electron chi connectivity index (χ4n) is 3.81. The molecule has 3 aromatic rings. The zero-order valence-corrected chi connectivity index (χ0v) is 20.5. The van der Waals surface area contributed by atoms with E-state index < -0.39 is 11.8 Å². The number of nitrogens with one attached hydrogen (secondary N) is 1. The van der Waals surface area contributed by atoms with Crippen LogP contribution in [0, 0.1) is 6.92 Å². The normalized spacial score (nSPS) is 12.8. The average molecular weight is 505 g/mol. The molecule has 1 aliphatic heterocycles.